The Balaban J connectivity index is 0.00000882. The average molecular weight is 735 g/mol. The normalized spacial score (nSPS) is 18.0. The summed E-state index contributed by atoms with van der Waals surface area (Å²) in [5.74, 6) is -4.25. The summed E-state index contributed by atoms with van der Waals surface area (Å²) in [6, 6.07) is 5.23. The summed E-state index contributed by atoms with van der Waals surface area (Å²) in [6.07, 6.45) is 1.07. The number of carboxylic acids is 4. The quantitative estimate of drug-likeness (QED) is 0.201. The van der Waals surface area contributed by atoms with Gasteiger partial charge in [0, 0.05) is 71.5 Å². The summed E-state index contributed by atoms with van der Waals surface area (Å²) in [7, 11) is 0. The minimum absolute atomic E-state index is 0. The zero-order valence-corrected chi connectivity index (χ0v) is 26.5. The van der Waals surface area contributed by atoms with Crippen LogP contribution in [0, 0.1) is 39.9 Å². The molecule has 42 heavy (non-hydrogen) atoms. The molecule has 1 aliphatic rings. The first-order valence-corrected chi connectivity index (χ1v) is 14.0. The van der Waals surface area contributed by atoms with Gasteiger partial charge in [0.25, 0.3) is 0 Å². The average Bonchev–Trinajstić information content (AvgIpc) is 2.90. The SMILES string of the molecule is CCCC(C(=O)[O-])N1CCN(CC(=O)[O-])CCN(C(Cc2ccc(OCC)cc2)C(=O)O)CCN(CC(=O)[O-])CC1.[Gd+3]. The van der Waals surface area contributed by atoms with Gasteiger partial charge in [-0.2, -0.15) is 0 Å². The number of aliphatic carboxylic acids is 4. The van der Waals surface area contributed by atoms with E-state index in [0.717, 1.165) is 5.56 Å². The maximum absolute atomic E-state index is 12.4. The summed E-state index contributed by atoms with van der Waals surface area (Å²) >= 11 is 0. The smallest absolute Gasteiger partial charge is 0.549 e. The van der Waals surface area contributed by atoms with Gasteiger partial charge in [0.05, 0.1) is 24.5 Å². The van der Waals surface area contributed by atoms with Crippen molar-refractivity contribution < 1.29 is 84.3 Å². The van der Waals surface area contributed by atoms with Crippen molar-refractivity contribution in [1.82, 2.24) is 19.6 Å². The first-order valence-electron chi connectivity index (χ1n) is 14.0. The second-order valence-electron chi connectivity index (χ2n) is 10.1. The second kappa shape index (κ2) is 20.1. The predicted octanol–water partition coefficient (Wildman–Crippen LogP) is -3.28. The van der Waals surface area contributed by atoms with Crippen molar-refractivity contribution in [2.45, 2.75) is 45.2 Å². The summed E-state index contributed by atoms with van der Waals surface area (Å²) in [5, 5.41) is 45.1. The van der Waals surface area contributed by atoms with Gasteiger partial charge in [-0.05, 0) is 37.5 Å². The standard InChI is InChI=1S/C28H44N4O9.Gd/c1-3-5-23(27(37)38)31-14-10-29(19-25(33)34)12-16-32(17-13-30(11-15-31)20-26(35)36)24(28(39)40)18-21-6-8-22(9-7-21)41-4-2;/h6-9,23-24H,3-5,10-20H2,1-2H3,(H,33,34)(H,35,36)(H,37,38)(H,39,40);/q;+3/p-3. The Morgan fingerprint density at radius 1 is 0.786 bits per heavy atom. The van der Waals surface area contributed by atoms with Crippen molar-refractivity contribution in [2.75, 3.05) is 72.1 Å². The van der Waals surface area contributed by atoms with E-state index in [1.54, 1.807) is 43.9 Å². The van der Waals surface area contributed by atoms with Crippen LogP contribution in [0.4, 0.5) is 0 Å². The maximum atomic E-state index is 12.4. The molecule has 0 saturated carbocycles. The van der Waals surface area contributed by atoms with Crippen molar-refractivity contribution in [3.63, 3.8) is 0 Å². The third-order valence-electron chi connectivity index (χ3n) is 7.18. The van der Waals surface area contributed by atoms with Crippen LogP contribution < -0.4 is 20.1 Å². The Hall–Kier alpha value is -1.94. The second-order valence-corrected chi connectivity index (χ2v) is 10.1. The Kier molecular flexibility index (Phi) is 18.2. The molecule has 1 saturated heterocycles. The van der Waals surface area contributed by atoms with Crippen LogP contribution in [0.2, 0.25) is 0 Å². The zero-order valence-electron chi connectivity index (χ0n) is 24.2. The van der Waals surface area contributed by atoms with E-state index in [1.807, 2.05) is 13.8 Å². The molecule has 2 unspecified atom stereocenters. The summed E-state index contributed by atoms with van der Waals surface area (Å²) in [4.78, 5) is 53.9. The molecular formula is C28H41GdN4O9. The molecule has 2 rings (SSSR count). The monoisotopic (exact) mass is 735 g/mol. The van der Waals surface area contributed by atoms with E-state index in [9.17, 15) is 39.6 Å². The fourth-order valence-electron chi connectivity index (χ4n) is 5.04. The molecule has 0 amide bonds. The number of carbonyl (C=O) groups is 4. The van der Waals surface area contributed by atoms with Gasteiger partial charge in [0.2, 0.25) is 0 Å². The number of carboxylic acid groups (broad SMARTS) is 4. The first kappa shape index (κ1) is 38.1. The molecule has 1 aromatic rings. The maximum Gasteiger partial charge on any atom is 3.00 e. The molecule has 0 aromatic heterocycles. The number of hydrogen-bond donors (Lipinski definition) is 1. The molecule has 2 atom stereocenters. The van der Waals surface area contributed by atoms with E-state index in [-0.39, 0.29) is 98.7 Å². The van der Waals surface area contributed by atoms with Crippen LogP contribution in [0.15, 0.2) is 24.3 Å². The molecule has 1 aliphatic heterocycles. The largest absolute Gasteiger partial charge is 3.00 e. The number of rotatable bonds is 14. The first-order chi connectivity index (χ1) is 19.5. The molecule has 14 heteroatoms. The van der Waals surface area contributed by atoms with Gasteiger partial charge in [0.15, 0.2) is 0 Å². The van der Waals surface area contributed by atoms with Crippen LogP contribution in [0.5, 0.6) is 5.75 Å². The van der Waals surface area contributed by atoms with Crippen LogP contribution in [-0.2, 0) is 25.6 Å². The Bertz CT molecular complexity index is 966. The van der Waals surface area contributed by atoms with Crippen LogP contribution >= 0.6 is 0 Å². The van der Waals surface area contributed by atoms with Crippen molar-refractivity contribution in [3.05, 3.63) is 29.8 Å². The summed E-state index contributed by atoms with van der Waals surface area (Å²) in [5.41, 5.74) is 0.769. The van der Waals surface area contributed by atoms with E-state index in [2.05, 4.69) is 0 Å². The van der Waals surface area contributed by atoms with Crippen molar-refractivity contribution in [1.29, 1.82) is 0 Å². The van der Waals surface area contributed by atoms with Crippen molar-refractivity contribution in [2.24, 2.45) is 0 Å². The fraction of sp³-hybridized carbons (Fsp3) is 0.643. The van der Waals surface area contributed by atoms with Gasteiger partial charge in [-0.1, -0.05) is 25.5 Å². The van der Waals surface area contributed by atoms with Crippen molar-refractivity contribution >= 4 is 23.9 Å². The van der Waals surface area contributed by atoms with Gasteiger partial charge in [-0.3, -0.25) is 24.4 Å². The molecule has 1 radical (unpaired) electrons. The minimum Gasteiger partial charge on any atom is -0.549 e. The predicted molar refractivity (Wildman–Crippen MR) is 142 cm³/mol. The molecule has 1 aromatic carbocycles. The fourth-order valence-corrected chi connectivity index (χ4v) is 5.04. The molecule has 0 bridgehead atoms. The number of benzene rings is 1. The van der Waals surface area contributed by atoms with E-state index in [4.69, 9.17) is 4.74 Å². The van der Waals surface area contributed by atoms with Gasteiger partial charge < -0.3 is 39.5 Å². The summed E-state index contributed by atoms with van der Waals surface area (Å²) in [6.45, 7) is 4.88. The molecule has 0 aliphatic carbocycles. The number of nitrogens with zero attached hydrogens (tertiary/aromatic N) is 4. The molecule has 1 heterocycles. The third-order valence-corrected chi connectivity index (χ3v) is 7.18. The van der Waals surface area contributed by atoms with E-state index in [1.165, 1.54) is 0 Å². The van der Waals surface area contributed by atoms with Gasteiger partial charge in [-0.15, -0.1) is 0 Å². The molecule has 1 fully saturated rings. The number of hydrogen-bond acceptors (Lipinski definition) is 12. The molecule has 0 spiro atoms. The molecule has 13 nitrogen and oxygen atoms in total. The van der Waals surface area contributed by atoms with Crippen LogP contribution in [0.3, 0.4) is 0 Å². The van der Waals surface area contributed by atoms with Crippen LogP contribution in [0.1, 0.15) is 32.3 Å². The molecule has 1 N–H and O–H groups in total. The molecule has 235 valence electrons. The number of carbonyl (C=O) groups excluding carboxylic acids is 3. The van der Waals surface area contributed by atoms with Gasteiger partial charge in [0.1, 0.15) is 11.8 Å². The van der Waals surface area contributed by atoms with E-state index >= 15 is 0 Å². The zero-order chi connectivity index (χ0) is 30.4. The topological polar surface area (TPSA) is 180 Å². The minimum atomic E-state index is -1.30. The van der Waals surface area contributed by atoms with E-state index in [0.29, 0.717) is 25.2 Å². The van der Waals surface area contributed by atoms with Crippen LogP contribution in [0.25, 0.3) is 0 Å². The Labute approximate surface area is 279 Å². The Morgan fingerprint density at radius 2 is 1.24 bits per heavy atom. The van der Waals surface area contributed by atoms with Gasteiger partial charge >= 0.3 is 45.9 Å². The number of ether oxygens (including phenoxy) is 1. The third kappa shape index (κ3) is 13.6. The Morgan fingerprint density at radius 3 is 1.60 bits per heavy atom. The van der Waals surface area contributed by atoms with E-state index < -0.39 is 49.1 Å². The van der Waals surface area contributed by atoms with Crippen LogP contribution in [-0.4, -0.2) is 133 Å². The van der Waals surface area contributed by atoms with Crippen molar-refractivity contribution in [3.8, 4) is 5.75 Å². The van der Waals surface area contributed by atoms with Gasteiger partial charge in [-0.25, -0.2) is 0 Å². The molecular weight excluding hydrogens is 694 g/mol. The summed E-state index contributed by atoms with van der Waals surface area (Å²) < 4.78 is 5.46.